The zero-order chi connectivity index (χ0) is 12.6. The summed E-state index contributed by atoms with van der Waals surface area (Å²) < 4.78 is 0. The largest absolute Gasteiger partial charge is 0.325 e. The molecule has 0 radical (unpaired) electrons. The van der Waals surface area contributed by atoms with Crippen molar-refractivity contribution in [2.45, 2.75) is 32.1 Å². The summed E-state index contributed by atoms with van der Waals surface area (Å²) in [6, 6.07) is 1.39. The number of hydrogen-bond acceptors (Lipinski definition) is 3. The highest BCUT2D eigenvalue weighted by Gasteiger charge is 2.09. The zero-order valence-electron chi connectivity index (χ0n) is 10.3. The summed E-state index contributed by atoms with van der Waals surface area (Å²) >= 11 is 0. The second-order valence-electron chi connectivity index (χ2n) is 4.43. The number of urea groups is 1. The van der Waals surface area contributed by atoms with Crippen LogP contribution in [0, 0.1) is 5.92 Å². The fourth-order valence-electron chi connectivity index (χ4n) is 2.09. The molecule has 1 aliphatic carbocycles. The quantitative estimate of drug-likeness (QED) is 0.861. The molecule has 2 N–H and O–H groups in total. The average molecular weight is 246 g/mol. The van der Waals surface area contributed by atoms with Crippen LogP contribution in [-0.4, -0.2) is 16.0 Å². The van der Waals surface area contributed by atoms with E-state index >= 15 is 0 Å². The second-order valence-corrected chi connectivity index (χ2v) is 4.43. The predicted octanol–water partition coefficient (Wildman–Crippen LogP) is 2.69. The van der Waals surface area contributed by atoms with Gasteiger partial charge in [0.25, 0.3) is 0 Å². The van der Waals surface area contributed by atoms with Crippen molar-refractivity contribution < 1.29 is 4.79 Å². The van der Waals surface area contributed by atoms with Gasteiger partial charge in [0.2, 0.25) is 5.95 Å². The van der Waals surface area contributed by atoms with E-state index in [0.717, 1.165) is 0 Å². The summed E-state index contributed by atoms with van der Waals surface area (Å²) in [5.74, 6) is 0.910. The van der Waals surface area contributed by atoms with Gasteiger partial charge in [0.1, 0.15) is 0 Å². The summed E-state index contributed by atoms with van der Waals surface area (Å²) in [5, 5.41) is 5.22. The smallest absolute Gasteiger partial charge is 0.315 e. The predicted molar refractivity (Wildman–Crippen MR) is 69.9 cm³/mol. The maximum atomic E-state index is 11.5. The molecule has 0 aliphatic heterocycles. The lowest BCUT2D eigenvalue weighted by molar-refractivity contribution is 0.255. The molecule has 1 fully saturated rings. The topological polar surface area (TPSA) is 66.9 Å². The Balaban J connectivity index is 1.72. The van der Waals surface area contributed by atoms with Gasteiger partial charge in [-0.2, -0.15) is 0 Å². The first-order valence-corrected chi connectivity index (χ1v) is 6.36. The molecule has 1 aromatic rings. The molecule has 2 rings (SSSR count). The lowest BCUT2D eigenvalue weighted by Crippen LogP contribution is -2.25. The Morgan fingerprint density at radius 3 is 2.67 bits per heavy atom. The Kier molecular flexibility index (Phi) is 4.69. The molecule has 1 aliphatic rings. The third-order valence-electron chi connectivity index (χ3n) is 3.02. The van der Waals surface area contributed by atoms with Crippen molar-refractivity contribution in [1.82, 2.24) is 15.3 Å². The molecule has 5 heteroatoms. The monoisotopic (exact) mass is 246 g/mol. The number of amides is 2. The molecule has 1 heterocycles. The molecule has 0 atom stereocenters. The van der Waals surface area contributed by atoms with Crippen LogP contribution in [-0.2, 0) is 0 Å². The number of anilines is 1. The molecule has 2 amide bonds. The fraction of sp³-hybridized carbons (Fsp3) is 0.462. The first kappa shape index (κ1) is 12.5. The van der Waals surface area contributed by atoms with E-state index in [1.165, 1.54) is 32.1 Å². The number of nitrogens with one attached hydrogen (secondary N) is 2. The number of allylic oxidation sites excluding steroid dienone is 1. The van der Waals surface area contributed by atoms with Gasteiger partial charge in [-0.3, -0.25) is 5.32 Å². The molecule has 0 bridgehead atoms. The minimum atomic E-state index is -0.312. The summed E-state index contributed by atoms with van der Waals surface area (Å²) in [5.41, 5.74) is 0. The Bertz CT molecular complexity index is 399. The van der Waals surface area contributed by atoms with Gasteiger partial charge in [0.15, 0.2) is 0 Å². The summed E-state index contributed by atoms with van der Waals surface area (Å²) in [4.78, 5) is 19.3. The maximum Gasteiger partial charge on any atom is 0.325 e. The van der Waals surface area contributed by atoms with Crippen LogP contribution in [0.4, 0.5) is 10.7 Å². The van der Waals surface area contributed by atoms with Gasteiger partial charge >= 0.3 is 6.03 Å². The Morgan fingerprint density at radius 1 is 1.22 bits per heavy atom. The van der Waals surface area contributed by atoms with Crippen LogP contribution < -0.4 is 10.6 Å². The molecular formula is C13H18N4O. The van der Waals surface area contributed by atoms with Crippen molar-refractivity contribution in [3.8, 4) is 0 Å². The van der Waals surface area contributed by atoms with Crippen LogP contribution in [0.15, 0.2) is 30.7 Å². The third kappa shape index (κ3) is 4.16. The summed E-state index contributed by atoms with van der Waals surface area (Å²) in [6.07, 6.45) is 13.3. The number of nitrogens with zero attached hydrogens (tertiary/aromatic N) is 2. The van der Waals surface area contributed by atoms with E-state index in [9.17, 15) is 4.79 Å². The highest BCUT2D eigenvalue weighted by atomic mass is 16.2. The van der Waals surface area contributed by atoms with E-state index in [1.54, 1.807) is 24.7 Å². The molecule has 18 heavy (non-hydrogen) atoms. The number of rotatable bonds is 3. The normalized spacial score (nSPS) is 16.7. The van der Waals surface area contributed by atoms with Gasteiger partial charge in [-0.05, 0) is 24.8 Å². The van der Waals surface area contributed by atoms with Crippen LogP contribution >= 0.6 is 0 Å². The molecule has 1 saturated carbocycles. The van der Waals surface area contributed by atoms with Gasteiger partial charge in [-0.25, -0.2) is 14.8 Å². The standard InChI is InChI=1S/C13H18N4O/c18-13(17-12-14-8-4-9-15-12)16-10-7-11-5-2-1-3-6-11/h4,7-11H,1-3,5-6H2,(H2,14,15,16,17,18)/b10-7+. The minimum Gasteiger partial charge on any atom is -0.315 e. The van der Waals surface area contributed by atoms with Gasteiger partial charge < -0.3 is 5.32 Å². The lowest BCUT2D eigenvalue weighted by atomic mass is 9.89. The van der Waals surface area contributed by atoms with Crippen LogP contribution in [0.1, 0.15) is 32.1 Å². The molecule has 5 nitrogen and oxygen atoms in total. The van der Waals surface area contributed by atoms with Gasteiger partial charge in [-0.1, -0.05) is 25.3 Å². The van der Waals surface area contributed by atoms with E-state index < -0.39 is 0 Å². The van der Waals surface area contributed by atoms with Crippen LogP contribution in [0.25, 0.3) is 0 Å². The first-order valence-electron chi connectivity index (χ1n) is 6.36. The number of carbonyl (C=O) groups is 1. The maximum absolute atomic E-state index is 11.5. The molecule has 0 saturated heterocycles. The van der Waals surface area contributed by atoms with E-state index in [-0.39, 0.29) is 6.03 Å². The highest BCUT2D eigenvalue weighted by Crippen LogP contribution is 2.24. The number of aromatic nitrogens is 2. The van der Waals surface area contributed by atoms with Crippen molar-refractivity contribution in [3.05, 3.63) is 30.7 Å². The van der Waals surface area contributed by atoms with Crippen molar-refractivity contribution in [2.24, 2.45) is 5.92 Å². The molecule has 0 aromatic carbocycles. The van der Waals surface area contributed by atoms with Crippen molar-refractivity contribution in [2.75, 3.05) is 5.32 Å². The van der Waals surface area contributed by atoms with Crippen LogP contribution in [0.5, 0.6) is 0 Å². The van der Waals surface area contributed by atoms with Crippen LogP contribution in [0.2, 0.25) is 0 Å². The Hall–Kier alpha value is -1.91. The van der Waals surface area contributed by atoms with Crippen molar-refractivity contribution >= 4 is 12.0 Å². The summed E-state index contributed by atoms with van der Waals surface area (Å²) in [7, 11) is 0. The van der Waals surface area contributed by atoms with Crippen LogP contribution in [0.3, 0.4) is 0 Å². The summed E-state index contributed by atoms with van der Waals surface area (Å²) in [6.45, 7) is 0. The second kappa shape index (κ2) is 6.74. The molecule has 0 spiro atoms. The van der Waals surface area contributed by atoms with E-state index in [4.69, 9.17) is 0 Å². The van der Waals surface area contributed by atoms with E-state index in [2.05, 4.69) is 26.7 Å². The highest BCUT2D eigenvalue weighted by molar-refractivity contribution is 5.87. The van der Waals surface area contributed by atoms with Gasteiger partial charge in [0, 0.05) is 18.6 Å². The third-order valence-corrected chi connectivity index (χ3v) is 3.02. The van der Waals surface area contributed by atoms with E-state index in [0.29, 0.717) is 11.9 Å². The van der Waals surface area contributed by atoms with Gasteiger partial charge in [0.05, 0.1) is 0 Å². The zero-order valence-corrected chi connectivity index (χ0v) is 10.3. The average Bonchev–Trinajstić information content (AvgIpc) is 2.41. The number of carbonyl (C=O) groups excluding carboxylic acids is 1. The Labute approximate surface area is 107 Å². The fourth-order valence-corrected chi connectivity index (χ4v) is 2.09. The number of hydrogen-bond donors (Lipinski definition) is 2. The molecular weight excluding hydrogens is 228 g/mol. The molecule has 1 aromatic heterocycles. The Morgan fingerprint density at radius 2 is 1.94 bits per heavy atom. The molecule has 0 unspecified atom stereocenters. The molecule has 96 valence electrons. The van der Waals surface area contributed by atoms with Gasteiger partial charge in [-0.15, -0.1) is 0 Å². The SMILES string of the molecule is O=C(N/C=C/C1CCCCC1)Nc1ncccn1. The van der Waals surface area contributed by atoms with E-state index in [1.807, 2.05) is 0 Å². The minimum absolute atomic E-state index is 0.307. The van der Waals surface area contributed by atoms with Crippen molar-refractivity contribution in [3.63, 3.8) is 0 Å². The first-order chi connectivity index (χ1) is 8.84. The van der Waals surface area contributed by atoms with Crippen molar-refractivity contribution in [1.29, 1.82) is 0 Å². The lowest BCUT2D eigenvalue weighted by Gasteiger charge is -2.17.